The van der Waals surface area contributed by atoms with E-state index in [1.165, 1.54) is 0 Å². The zero-order chi connectivity index (χ0) is 21.0. The van der Waals surface area contributed by atoms with Crippen LogP contribution >= 0.6 is 0 Å². The van der Waals surface area contributed by atoms with Crippen LogP contribution in [0.25, 0.3) is 10.9 Å². The van der Waals surface area contributed by atoms with Gasteiger partial charge in [-0.25, -0.2) is 4.79 Å². The molecule has 1 heterocycles. The van der Waals surface area contributed by atoms with E-state index in [1.807, 2.05) is 54.0 Å². The van der Waals surface area contributed by atoms with Crippen molar-refractivity contribution in [1.29, 1.82) is 0 Å². The number of benzene rings is 2. The molecule has 3 N–H and O–H groups in total. The second-order valence-corrected chi connectivity index (χ2v) is 6.64. The fourth-order valence-corrected chi connectivity index (χ4v) is 3.58. The van der Waals surface area contributed by atoms with E-state index in [4.69, 9.17) is 15.6 Å². The molecule has 29 heavy (non-hydrogen) atoms. The first kappa shape index (κ1) is 20.3. The van der Waals surface area contributed by atoms with Crippen molar-refractivity contribution in [2.75, 3.05) is 6.61 Å². The molecule has 0 saturated heterocycles. The highest BCUT2D eigenvalue weighted by atomic mass is 16.5. The Morgan fingerprint density at radius 2 is 1.79 bits per heavy atom. The molecule has 0 radical (unpaired) electrons. The maximum atomic E-state index is 12.7. The molecule has 0 saturated carbocycles. The maximum Gasteiger partial charge on any atom is 0.329 e. The lowest BCUT2D eigenvalue weighted by atomic mass is 10.0. The molecule has 2 aromatic carbocycles. The Hall–Kier alpha value is -3.45. The summed E-state index contributed by atoms with van der Waals surface area (Å²) in [5, 5.41) is 9.40. The number of carbonyl (C=O) groups is 3. The summed E-state index contributed by atoms with van der Waals surface area (Å²) in [6.07, 6.45) is 0.519. The summed E-state index contributed by atoms with van der Waals surface area (Å²) in [6, 6.07) is 15.2. The third kappa shape index (κ3) is 4.20. The number of amides is 1. The zero-order valence-corrected chi connectivity index (χ0v) is 16.1. The number of fused-ring (bicyclic) bond motifs is 1. The number of hydrogen-bond acceptors (Lipinski definition) is 4. The minimum Gasteiger partial charge on any atom is -0.480 e. The second-order valence-electron chi connectivity index (χ2n) is 6.64. The Balaban J connectivity index is 2.21. The van der Waals surface area contributed by atoms with Gasteiger partial charge in [-0.2, -0.15) is 0 Å². The summed E-state index contributed by atoms with van der Waals surface area (Å²) in [5.74, 6) is -2.87. The van der Waals surface area contributed by atoms with Crippen molar-refractivity contribution in [1.82, 2.24) is 4.57 Å². The zero-order valence-electron chi connectivity index (χ0n) is 16.1. The van der Waals surface area contributed by atoms with Crippen LogP contribution in [-0.4, -0.2) is 33.9 Å². The van der Waals surface area contributed by atoms with Gasteiger partial charge in [-0.1, -0.05) is 49.4 Å². The molecule has 0 aliphatic heterocycles. The molecule has 150 valence electrons. The third-order valence-electron chi connectivity index (χ3n) is 4.74. The number of aliphatic carboxylic acids is 1. The predicted molar refractivity (Wildman–Crippen MR) is 108 cm³/mol. The van der Waals surface area contributed by atoms with Gasteiger partial charge in [0.25, 0.3) is 11.7 Å². The number of ether oxygens (including phenoxy) is 1. The summed E-state index contributed by atoms with van der Waals surface area (Å²) in [7, 11) is 0. The van der Waals surface area contributed by atoms with E-state index in [2.05, 4.69) is 0 Å². The molecule has 3 aromatic rings. The van der Waals surface area contributed by atoms with Crippen molar-refractivity contribution < 1.29 is 24.2 Å². The number of carboxylic acids is 1. The van der Waals surface area contributed by atoms with Crippen LogP contribution < -0.4 is 5.73 Å². The predicted octanol–water partition coefficient (Wildman–Crippen LogP) is 2.52. The van der Waals surface area contributed by atoms with E-state index in [9.17, 15) is 14.4 Å². The van der Waals surface area contributed by atoms with Gasteiger partial charge < -0.3 is 20.1 Å². The molecule has 0 fully saturated rings. The standard InChI is InChI=1S/C22H22N2O5/c1-2-16-20(21(27)22(23)28)19-15(12-29-13-18(25)26)9-6-10-17(19)24(16)11-14-7-4-3-5-8-14/h3-10H,2,11-13H2,1H3,(H2,23,28)(H,25,26). The number of carbonyl (C=O) groups excluding carboxylic acids is 2. The van der Waals surface area contributed by atoms with Crippen LogP contribution in [0.5, 0.6) is 0 Å². The van der Waals surface area contributed by atoms with Gasteiger partial charge in [0.2, 0.25) is 0 Å². The molecule has 0 aliphatic rings. The molecule has 1 aromatic heterocycles. The number of nitrogens with zero attached hydrogens (tertiary/aromatic N) is 1. The average molecular weight is 394 g/mol. The highest BCUT2D eigenvalue weighted by Gasteiger charge is 2.26. The van der Waals surface area contributed by atoms with Crippen molar-refractivity contribution in [3.63, 3.8) is 0 Å². The number of aromatic nitrogens is 1. The molecule has 1 amide bonds. The van der Waals surface area contributed by atoms with E-state index >= 15 is 0 Å². The molecule has 0 atom stereocenters. The second kappa shape index (κ2) is 8.70. The van der Waals surface area contributed by atoms with E-state index in [0.717, 1.165) is 11.1 Å². The highest BCUT2D eigenvalue weighted by Crippen LogP contribution is 2.31. The fourth-order valence-electron chi connectivity index (χ4n) is 3.58. The van der Waals surface area contributed by atoms with Gasteiger partial charge in [0, 0.05) is 23.1 Å². The molecule has 0 spiro atoms. The Morgan fingerprint density at radius 3 is 2.41 bits per heavy atom. The quantitative estimate of drug-likeness (QED) is 0.428. The van der Waals surface area contributed by atoms with Gasteiger partial charge in [0.1, 0.15) is 6.61 Å². The molecular formula is C22H22N2O5. The van der Waals surface area contributed by atoms with Gasteiger partial charge in [0.05, 0.1) is 12.2 Å². The van der Waals surface area contributed by atoms with Crippen molar-refractivity contribution in [3.05, 3.63) is 70.9 Å². The topological polar surface area (TPSA) is 112 Å². The van der Waals surface area contributed by atoms with Gasteiger partial charge in [-0.3, -0.25) is 9.59 Å². The Labute approximate surface area is 167 Å². The van der Waals surface area contributed by atoms with Crippen LogP contribution in [0.4, 0.5) is 0 Å². The van der Waals surface area contributed by atoms with Crippen LogP contribution in [0.1, 0.15) is 34.1 Å². The van der Waals surface area contributed by atoms with Gasteiger partial charge in [0.15, 0.2) is 0 Å². The highest BCUT2D eigenvalue weighted by molar-refractivity contribution is 6.45. The first-order valence-electron chi connectivity index (χ1n) is 9.24. The SMILES string of the molecule is CCc1c(C(=O)C(N)=O)c2c(COCC(=O)O)cccc2n1Cc1ccccc1. The first-order chi connectivity index (χ1) is 13.9. The van der Waals surface area contributed by atoms with Crippen molar-refractivity contribution in [2.45, 2.75) is 26.5 Å². The van der Waals surface area contributed by atoms with Crippen LogP contribution in [0.2, 0.25) is 0 Å². The molecule has 0 aliphatic carbocycles. The van der Waals surface area contributed by atoms with E-state index in [-0.39, 0.29) is 12.2 Å². The fraction of sp³-hybridized carbons (Fsp3) is 0.227. The number of nitrogens with two attached hydrogens (primary N) is 1. The first-order valence-corrected chi connectivity index (χ1v) is 9.24. The number of rotatable bonds is 9. The maximum absolute atomic E-state index is 12.7. The van der Waals surface area contributed by atoms with Crippen LogP contribution in [0.3, 0.4) is 0 Å². The Morgan fingerprint density at radius 1 is 1.07 bits per heavy atom. The van der Waals surface area contributed by atoms with Gasteiger partial charge in [-0.05, 0) is 23.6 Å². The molecule has 0 bridgehead atoms. The van der Waals surface area contributed by atoms with Gasteiger partial charge >= 0.3 is 5.97 Å². The third-order valence-corrected chi connectivity index (χ3v) is 4.74. The monoisotopic (exact) mass is 394 g/mol. The Kier molecular flexibility index (Phi) is 6.09. The van der Waals surface area contributed by atoms with E-state index in [1.54, 1.807) is 6.07 Å². The van der Waals surface area contributed by atoms with Gasteiger partial charge in [-0.15, -0.1) is 0 Å². The van der Waals surface area contributed by atoms with Crippen LogP contribution in [0.15, 0.2) is 48.5 Å². The molecule has 0 unspecified atom stereocenters. The number of primary amides is 1. The Bertz CT molecular complexity index is 1070. The van der Waals surface area contributed by atoms with E-state index in [0.29, 0.717) is 29.6 Å². The molecule has 7 heteroatoms. The lowest BCUT2D eigenvalue weighted by molar-refractivity contribution is -0.142. The minimum absolute atomic E-state index is 0.00118. The van der Waals surface area contributed by atoms with E-state index < -0.39 is 24.3 Å². The van der Waals surface area contributed by atoms with Crippen LogP contribution in [0, 0.1) is 0 Å². The average Bonchev–Trinajstić information content (AvgIpc) is 3.02. The summed E-state index contributed by atoms with van der Waals surface area (Å²) in [4.78, 5) is 35.2. The van der Waals surface area contributed by atoms with Crippen molar-refractivity contribution in [3.8, 4) is 0 Å². The lowest BCUT2D eigenvalue weighted by Gasteiger charge is -2.11. The number of carboxylic acid groups (broad SMARTS) is 1. The normalized spacial score (nSPS) is 10.9. The minimum atomic E-state index is -1.08. The summed E-state index contributed by atoms with van der Waals surface area (Å²) in [6.45, 7) is 1.97. The molecular weight excluding hydrogens is 372 g/mol. The lowest BCUT2D eigenvalue weighted by Crippen LogP contribution is -2.24. The summed E-state index contributed by atoms with van der Waals surface area (Å²) in [5.41, 5.74) is 8.75. The largest absolute Gasteiger partial charge is 0.480 e. The van der Waals surface area contributed by atoms with Crippen LogP contribution in [-0.2, 0) is 33.9 Å². The summed E-state index contributed by atoms with van der Waals surface area (Å²) >= 11 is 0. The number of Topliss-reactive ketones (excluding diaryl/α,β-unsaturated/α-hetero) is 1. The number of ketones is 1. The molecule has 7 nitrogen and oxygen atoms in total. The van der Waals surface area contributed by atoms with Crippen molar-refractivity contribution in [2.24, 2.45) is 5.73 Å². The smallest absolute Gasteiger partial charge is 0.329 e. The molecule has 3 rings (SSSR count). The van der Waals surface area contributed by atoms with Crippen molar-refractivity contribution >= 4 is 28.6 Å². The summed E-state index contributed by atoms with van der Waals surface area (Å²) < 4.78 is 7.25. The number of hydrogen-bond donors (Lipinski definition) is 2.